The number of nitrogens with one attached hydrogen (secondary N) is 1. The summed E-state index contributed by atoms with van der Waals surface area (Å²) < 4.78 is 1.49. The van der Waals surface area contributed by atoms with Crippen LogP contribution in [-0.2, 0) is 0 Å². The summed E-state index contributed by atoms with van der Waals surface area (Å²) in [6, 6.07) is 7.16. The van der Waals surface area contributed by atoms with Crippen molar-refractivity contribution < 1.29 is 4.79 Å². The summed E-state index contributed by atoms with van der Waals surface area (Å²) in [5, 5.41) is 4.67. The summed E-state index contributed by atoms with van der Waals surface area (Å²) in [5.74, 6) is -0.122. The van der Waals surface area contributed by atoms with Crippen molar-refractivity contribution in [2.24, 2.45) is 0 Å². The molecular formula is C11H8Br2N2OS. The molecule has 0 saturated heterocycles. The lowest BCUT2D eigenvalue weighted by Crippen LogP contribution is -2.10. The third kappa shape index (κ3) is 2.88. The zero-order valence-corrected chi connectivity index (χ0v) is 12.5. The van der Waals surface area contributed by atoms with Crippen molar-refractivity contribution in [1.29, 1.82) is 0 Å². The van der Waals surface area contributed by atoms with Gasteiger partial charge in [0.15, 0.2) is 0 Å². The minimum absolute atomic E-state index is 0.122. The molecule has 0 radical (unpaired) electrons. The number of rotatable bonds is 2. The van der Waals surface area contributed by atoms with E-state index in [1.807, 2.05) is 11.4 Å². The SMILES string of the molecule is Nc1c(Br)cc(NC(=O)c2cccs2)cc1Br. The molecule has 2 rings (SSSR count). The van der Waals surface area contributed by atoms with Crippen molar-refractivity contribution in [3.05, 3.63) is 43.5 Å². The second-order valence-electron chi connectivity index (χ2n) is 3.28. The monoisotopic (exact) mass is 374 g/mol. The molecule has 1 aromatic carbocycles. The molecule has 3 nitrogen and oxygen atoms in total. The van der Waals surface area contributed by atoms with Crippen LogP contribution in [0.15, 0.2) is 38.6 Å². The Kier molecular flexibility index (Phi) is 3.86. The molecule has 1 amide bonds. The Bertz CT molecular complexity index is 532. The van der Waals surface area contributed by atoms with Gasteiger partial charge in [-0.2, -0.15) is 0 Å². The third-order valence-electron chi connectivity index (χ3n) is 2.08. The van der Waals surface area contributed by atoms with Crippen LogP contribution in [0, 0.1) is 0 Å². The lowest BCUT2D eigenvalue weighted by atomic mass is 10.3. The molecule has 6 heteroatoms. The third-order valence-corrected chi connectivity index (χ3v) is 4.26. The van der Waals surface area contributed by atoms with E-state index in [2.05, 4.69) is 37.2 Å². The number of anilines is 2. The molecule has 2 aromatic rings. The maximum Gasteiger partial charge on any atom is 0.265 e. The van der Waals surface area contributed by atoms with E-state index in [1.54, 1.807) is 18.2 Å². The molecule has 88 valence electrons. The van der Waals surface area contributed by atoms with Crippen LogP contribution in [0.3, 0.4) is 0 Å². The molecule has 0 bridgehead atoms. The Labute approximate surface area is 119 Å². The van der Waals surface area contributed by atoms with Gasteiger partial charge in [-0.25, -0.2) is 0 Å². The Balaban J connectivity index is 2.22. The molecule has 0 aliphatic heterocycles. The van der Waals surface area contributed by atoms with E-state index in [0.29, 0.717) is 16.3 Å². The molecule has 0 spiro atoms. The van der Waals surface area contributed by atoms with Crippen LogP contribution in [0.4, 0.5) is 11.4 Å². The van der Waals surface area contributed by atoms with Crippen molar-refractivity contribution in [2.45, 2.75) is 0 Å². The van der Waals surface area contributed by atoms with Gasteiger partial charge in [-0.3, -0.25) is 4.79 Å². The fourth-order valence-electron chi connectivity index (χ4n) is 1.26. The van der Waals surface area contributed by atoms with Crippen molar-refractivity contribution >= 4 is 60.5 Å². The van der Waals surface area contributed by atoms with Crippen LogP contribution in [0.25, 0.3) is 0 Å². The predicted octanol–water partition coefficient (Wildman–Crippen LogP) is 4.11. The van der Waals surface area contributed by atoms with Crippen LogP contribution >= 0.6 is 43.2 Å². The first-order valence-corrected chi connectivity index (χ1v) is 7.14. The lowest BCUT2D eigenvalue weighted by Gasteiger charge is -2.07. The fraction of sp³-hybridized carbons (Fsp3) is 0. The smallest absolute Gasteiger partial charge is 0.265 e. The highest BCUT2D eigenvalue weighted by molar-refractivity contribution is 9.11. The number of carbonyl (C=O) groups is 1. The molecular weight excluding hydrogens is 368 g/mol. The molecule has 0 aliphatic rings. The van der Waals surface area contributed by atoms with Crippen molar-refractivity contribution in [2.75, 3.05) is 11.1 Å². The predicted molar refractivity (Wildman–Crippen MR) is 78.5 cm³/mol. The average molecular weight is 376 g/mol. The summed E-state index contributed by atoms with van der Waals surface area (Å²) >= 11 is 8.07. The quantitative estimate of drug-likeness (QED) is 0.776. The average Bonchev–Trinajstić information content (AvgIpc) is 2.79. The molecule has 0 aliphatic carbocycles. The standard InChI is InChI=1S/C11H8Br2N2OS/c12-7-4-6(5-8(13)10(7)14)15-11(16)9-2-1-3-17-9/h1-5H,14H2,(H,15,16). The van der Waals surface area contributed by atoms with E-state index in [1.165, 1.54) is 11.3 Å². The van der Waals surface area contributed by atoms with E-state index in [4.69, 9.17) is 5.73 Å². The zero-order valence-electron chi connectivity index (χ0n) is 8.54. The Morgan fingerprint density at radius 1 is 1.29 bits per heavy atom. The number of thiophene rings is 1. The first-order valence-electron chi connectivity index (χ1n) is 4.67. The van der Waals surface area contributed by atoms with Gasteiger partial charge in [-0.05, 0) is 55.4 Å². The topological polar surface area (TPSA) is 55.1 Å². The fourth-order valence-corrected chi connectivity index (χ4v) is 3.06. The highest BCUT2D eigenvalue weighted by atomic mass is 79.9. The van der Waals surface area contributed by atoms with Gasteiger partial charge >= 0.3 is 0 Å². The van der Waals surface area contributed by atoms with Crippen LogP contribution in [0.2, 0.25) is 0 Å². The maximum absolute atomic E-state index is 11.8. The largest absolute Gasteiger partial charge is 0.397 e. The van der Waals surface area contributed by atoms with Gasteiger partial charge in [0, 0.05) is 14.6 Å². The highest BCUT2D eigenvalue weighted by Crippen LogP contribution is 2.32. The van der Waals surface area contributed by atoms with Crippen molar-refractivity contribution in [3.8, 4) is 0 Å². The molecule has 3 N–H and O–H groups in total. The second kappa shape index (κ2) is 5.20. The minimum Gasteiger partial charge on any atom is -0.397 e. The van der Waals surface area contributed by atoms with E-state index in [9.17, 15) is 4.79 Å². The summed E-state index contributed by atoms with van der Waals surface area (Å²) in [5.41, 5.74) is 7.07. The van der Waals surface area contributed by atoms with Gasteiger partial charge in [-0.1, -0.05) is 6.07 Å². The summed E-state index contributed by atoms with van der Waals surface area (Å²) in [4.78, 5) is 12.5. The van der Waals surface area contributed by atoms with Crippen LogP contribution in [0.5, 0.6) is 0 Å². The molecule has 0 fully saturated rings. The van der Waals surface area contributed by atoms with Gasteiger partial charge in [0.05, 0.1) is 10.6 Å². The Morgan fingerprint density at radius 2 is 1.94 bits per heavy atom. The molecule has 1 heterocycles. The van der Waals surface area contributed by atoms with E-state index >= 15 is 0 Å². The van der Waals surface area contributed by atoms with Crippen molar-refractivity contribution in [3.63, 3.8) is 0 Å². The number of carbonyl (C=O) groups excluding carboxylic acids is 1. The van der Waals surface area contributed by atoms with E-state index in [0.717, 1.165) is 8.95 Å². The first kappa shape index (κ1) is 12.6. The van der Waals surface area contributed by atoms with Gasteiger partial charge in [0.25, 0.3) is 5.91 Å². The normalized spacial score (nSPS) is 10.2. The zero-order chi connectivity index (χ0) is 12.4. The number of benzene rings is 1. The number of hydrogen-bond acceptors (Lipinski definition) is 3. The van der Waals surface area contributed by atoms with Gasteiger partial charge in [0.1, 0.15) is 0 Å². The number of nitrogens with two attached hydrogens (primary N) is 1. The van der Waals surface area contributed by atoms with E-state index < -0.39 is 0 Å². The Hall–Kier alpha value is -0.850. The molecule has 1 aromatic heterocycles. The van der Waals surface area contributed by atoms with Crippen molar-refractivity contribution in [1.82, 2.24) is 0 Å². The summed E-state index contributed by atoms with van der Waals surface area (Å²) in [6.07, 6.45) is 0. The highest BCUT2D eigenvalue weighted by Gasteiger charge is 2.09. The van der Waals surface area contributed by atoms with E-state index in [-0.39, 0.29) is 5.91 Å². The van der Waals surface area contributed by atoms with Crippen LogP contribution in [-0.4, -0.2) is 5.91 Å². The first-order chi connectivity index (χ1) is 8.08. The molecule has 0 atom stereocenters. The number of amides is 1. The van der Waals surface area contributed by atoms with Crippen LogP contribution in [0.1, 0.15) is 9.67 Å². The minimum atomic E-state index is -0.122. The number of nitrogen functional groups attached to an aromatic ring is 1. The molecule has 0 saturated carbocycles. The van der Waals surface area contributed by atoms with Crippen LogP contribution < -0.4 is 11.1 Å². The number of halogens is 2. The lowest BCUT2D eigenvalue weighted by molar-refractivity contribution is 0.103. The second-order valence-corrected chi connectivity index (χ2v) is 5.94. The summed E-state index contributed by atoms with van der Waals surface area (Å²) in [6.45, 7) is 0. The Morgan fingerprint density at radius 3 is 2.47 bits per heavy atom. The van der Waals surface area contributed by atoms with Gasteiger partial charge < -0.3 is 11.1 Å². The van der Waals surface area contributed by atoms with Gasteiger partial charge in [0.2, 0.25) is 0 Å². The molecule has 17 heavy (non-hydrogen) atoms. The summed E-state index contributed by atoms with van der Waals surface area (Å²) in [7, 11) is 0. The number of hydrogen-bond donors (Lipinski definition) is 2. The van der Waals surface area contributed by atoms with Gasteiger partial charge in [-0.15, -0.1) is 11.3 Å². The maximum atomic E-state index is 11.8. The molecule has 0 unspecified atom stereocenters.